The van der Waals surface area contributed by atoms with Gasteiger partial charge >= 0.3 is 5.97 Å². The molecule has 36 heavy (non-hydrogen) atoms. The van der Waals surface area contributed by atoms with Gasteiger partial charge in [-0.1, -0.05) is 24.3 Å². The van der Waals surface area contributed by atoms with E-state index in [2.05, 4.69) is 37.0 Å². The summed E-state index contributed by atoms with van der Waals surface area (Å²) < 4.78 is 5.23. The average molecular weight is 487 g/mol. The van der Waals surface area contributed by atoms with Gasteiger partial charge < -0.3 is 14.7 Å². The summed E-state index contributed by atoms with van der Waals surface area (Å²) >= 11 is 0. The fraction of sp³-hybridized carbons (Fsp3) is 0.367. The Bertz CT molecular complexity index is 1320. The molecule has 0 aliphatic carbocycles. The van der Waals surface area contributed by atoms with Crippen LogP contribution in [0.5, 0.6) is 5.88 Å². The summed E-state index contributed by atoms with van der Waals surface area (Å²) in [6.45, 7) is 11.3. The van der Waals surface area contributed by atoms with Gasteiger partial charge in [-0.2, -0.15) is 0 Å². The van der Waals surface area contributed by atoms with Crippen molar-refractivity contribution in [2.45, 2.75) is 59.9 Å². The molecule has 1 aliphatic rings. The minimum absolute atomic E-state index is 0.0444. The lowest BCUT2D eigenvalue weighted by Crippen LogP contribution is -2.37. The number of fused-ring (bicyclic) bond motifs is 1. The number of hydrogen-bond donors (Lipinski definition) is 1. The van der Waals surface area contributed by atoms with Gasteiger partial charge in [0.15, 0.2) is 0 Å². The van der Waals surface area contributed by atoms with E-state index in [0.29, 0.717) is 19.0 Å². The van der Waals surface area contributed by atoms with Crippen molar-refractivity contribution < 1.29 is 19.4 Å². The molecule has 0 saturated carbocycles. The van der Waals surface area contributed by atoms with Gasteiger partial charge in [0.05, 0.1) is 13.5 Å². The number of aromatic nitrogens is 1. The largest absolute Gasteiger partial charge is 0.481 e. The third kappa shape index (κ3) is 4.85. The van der Waals surface area contributed by atoms with Gasteiger partial charge in [0.1, 0.15) is 0 Å². The van der Waals surface area contributed by atoms with Gasteiger partial charge in [0.25, 0.3) is 5.91 Å². The van der Waals surface area contributed by atoms with E-state index < -0.39 is 5.97 Å². The number of carbonyl (C=O) groups excluding carboxylic acids is 1. The second kappa shape index (κ2) is 10.1. The molecule has 1 aromatic heterocycles. The monoisotopic (exact) mass is 486 g/mol. The van der Waals surface area contributed by atoms with Crippen LogP contribution in [-0.4, -0.2) is 40.5 Å². The van der Waals surface area contributed by atoms with E-state index in [9.17, 15) is 14.7 Å². The molecule has 0 saturated heterocycles. The quantitative estimate of drug-likeness (QED) is 0.502. The number of aliphatic carboxylic acids is 1. The maximum absolute atomic E-state index is 13.7. The molecule has 6 heteroatoms. The van der Waals surface area contributed by atoms with Crippen LogP contribution in [0.15, 0.2) is 36.5 Å². The molecule has 2 aromatic carbocycles. The average Bonchev–Trinajstić information content (AvgIpc) is 2.85. The Kier molecular flexibility index (Phi) is 7.16. The van der Waals surface area contributed by atoms with Crippen LogP contribution in [0.1, 0.15) is 72.8 Å². The van der Waals surface area contributed by atoms with Gasteiger partial charge in [0.2, 0.25) is 5.88 Å². The Labute approximate surface area is 212 Å². The summed E-state index contributed by atoms with van der Waals surface area (Å²) in [5.41, 5.74) is 10.1. The number of hydrogen-bond acceptors (Lipinski definition) is 4. The van der Waals surface area contributed by atoms with Crippen molar-refractivity contribution in [3.05, 3.63) is 92.2 Å². The highest BCUT2D eigenvalue weighted by Gasteiger charge is 2.27. The number of aryl methyl sites for hydroxylation is 3. The minimum atomic E-state index is -0.870. The standard InChI is InChI=1S/C30H34N2O4/c1-17-11-18(2)21(5)29(20(17)4)30(35)32-10-9-22-7-8-23(13-24(22)16-32)25(14-28(33)34)26-15-31-27(36-6)12-19(26)3/h7-8,11-13,15,25H,9-10,14,16H2,1-6H3,(H,33,34)/t25-/m0/s1. The predicted octanol–water partition coefficient (Wildman–Crippen LogP) is 5.44. The molecule has 2 heterocycles. The zero-order valence-corrected chi connectivity index (χ0v) is 21.9. The molecule has 0 bridgehead atoms. The third-order valence-corrected chi connectivity index (χ3v) is 7.60. The van der Waals surface area contributed by atoms with E-state index in [1.165, 1.54) is 5.56 Å². The van der Waals surface area contributed by atoms with E-state index in [1.54, 1.807) is 13.3 Å². The maximum atomic E-state index is 13.7. The molecule has 0 radical (unpaired) electrons. The molecular weight excluding hydrogens is 452 g/mol. The summed E-state index contributed by atoms with van der Waals surface area (Å²) in [4.78, 5) is 31.7. The summed E-state index contributed by atoms with van der Waals surface area (Å²) in [7, 11) is 1.56. The molecule has 188 valence electrons. The lowest BCUT2D eigenvalue weighted by Gasteiger charge is -2.31. The molecule has 0 fully saturated rings. The topological polar surface area (TPSA) is 79.7 Å². The van der Waals surface area contributed by atoms with Gasteiger partial charge in [-0.25, -0.2) is 4.98 Å². The van der Waals surface area contributed by atoms with E-state index in [4.69, 9.17) is 4.74 Å². The fourth-order valence-corrected chi connectivity index (χ4v) is 5.26. The second-order valence-electron chi connectivity index (χ2n) is 9.87. The predicted molar refractivity (Wildman–Crippen MR) is 140 cm³/mol. The number of ether oxygens (including phenoxy) is 1. The Hall–Kier alpha value is -3.67. The third-order valence-electron chi connectivity index (χ3n) is 7.60. The van der Waals surface area contributed by atoms with Crippen molar-refractivity contribution in [1.82, 2.24) is 9.88 Å². The van der Waals surface area contributed by atoms with E-state index in [-0.39, 0.29) is 18.2 Å². The van der Waals surface area contributed by atoms with E-state index in [0.717, 1.165) is 56.5 Å². The normalized spacial score (nSPS) is 13.8. The smallest absolute Gasteiger partial charge is 0.304 e. The molecule has 1 N–H and O–H groups in total. The Morgan fingerprint density at radius 1 is 1.00 bits per heavy atom. The van der Waals surface area contributed by atoms with Gasteiger partial charge in [0, 0.05) is 36.8 Å². The summed E-state index contributed by atoms with van der Waals surface area (Å²) in [6.07, 6.45) is 2.44. The maximum Gasteiger partial charge on any atom is 0.304 e. The zero-order valence-electron chi connectivity index (χ0n) is 21.9. The minimum Gasteiger partial charge on any atom is -0.481 e. The first-order valence-electron chi connectivity index (χ1n) is 12.3. The Morgan fingerprint density at radius 3 is 2.31 bits per heavy atom. The van der Waals surface area contributed by atoms with Gasteiger partial charge in [-0.05, 0) is 91.1 Å². The Balaban J connectivity index is 1.69. The molecule has 0 unspecified atom stereocenters. The zero-order chi connectivity index (χ0) is 26.1. The van der Waals surface area contributed by atoms with Crippen molar-refractivity contribution in [3.8, 4) is 5.88 Å². The molecular formula is C30H34N2O4. The molecule has 4 rings (SSSR count). The van der Waals surface area contributed by atoms with Crippen molar-refractivity contribution in [1.29, 1.82) is 0 Å². The molecule has 1 amide bonds. The fourth-order valence-electron chi connectivity index (χ4n) is 5.26. The Morgan fingerprint density at radius 2 is 1.69 bits per heavy atom. The SMILES string of the molecule is COc1cc(C)c([C@@H](CC(=O)O)c2ccc3c(c2)CN(C(=O)c2c(C)c(C)cc(C)c2C)CC3)cn1. The molecule has 1 aliphatic heterocycles. The summed E-state index contributed by atoms with van der Waals surface area (Å²) in [6, 6.07) is 10.1. The number of carboxylic acid groups (broad SMARTS) is 1. The molecule has 0 spiro atoms. The number of benzene rings is 2. The number of methoxy groups -OCH3 is 1. The lowest BCUT2D eigenvalue weighted by molar-refractivity contribution is -0.137. The highest BCUT2D eigenvalue weighted by molar-refractivity contribution is 5.98. The summed E-state index contributed by atoms with van der Waals surface area (Å²) in [5.74, 6) is -0.654. The molecule has 6 nitrogen and oxygen atoms in total. The number of carboxylic acids is 1. The van der Waals surface area contributed by atoms with Crippen LogP contribution in [0, 0.1) is 34.6 Å². The first-order chi connectivity index (χ1) is 17.1. The van der Waals surface area contributed by atoms with Crippen LogP contribution in [0.2, 0.25) is 0 Å². The van der Waals surface area contributed by atoms with Crippen LogP contribution in [0.25, 0.3) is 0 Å². The summed E-state index contributed by atoms with van der Waals surface area (Å²) in [5, 5.41) is 9.68. The van der Waals surface area contributed by atoms with Crippen LogP contribution < -0.4 is 4.74 Å². The van der Waals surface area contributed by atoms with E-state index >= 15 is 0 Å². The van der Waals surface area contributed by atoms with Crippen LogP contribution in [0.4, 0.5) is 0 Å². The van der Waals surface area contributed by atoms with Crippen LogP contribution >= 0.6 is 0 Å². The number of pyridine rings is 1. The first kappa shape index (κ1) is 25.4. The van der Waals surface area contributed by atoms with Crippen LogP contribution in [0.3, 0.4) is 0 Å². The number of amides is 1. The van der Waals surface area contributed by atoms with Gasteiger partial charge in [-0.15, -0.1) is 0 Å². The van der Waals surface area contributed by atoms with Gasteiger partial charge in [-0.3, -0.25) is 9.59 Å². The first-order valence-corrected chi connectivity index (χ1v) is 12.3. The number of rotatable bonds is 6. The number of carbonyl (C=O) groups is 2. The van der Waals surface area contributed by atoms with Crippen molar-refractivity contribution in [2.75, 3.05) is 13.7 Å². The molecule has 1 atom stereocenters. The van der Waals surface area contributed by atoms with E-state index in [1.807, 2.05) is 37.8 Å². The van der Waals surface area contributed by atoms with Crippen LogP contribution in [-0.2, 0) is 17.8 Å². The van der Waals surface area contributed by atoms with Crippen molar-refractivity contribution >= 4 is 11.9 Å². The second-order valence-corrected chi connectivity index (χ2v) is 9.87. The lowest BCUT2D eigenvalue weighted by atomic mass is 9.84. The molecule has 3 aromatic rings. The highest BCUT2D eigenvalue weighted by Crippen LogP contribution is 2.34. The number of nitrogens with zero attached hydrogens (tertiary/aromatic N) is 2. The highest BCUT2D eigenvalue weighted by atomic mass is 16.5. The van der Waals surface area contributed by atoms with Crippen molar-refractivity contribution in [2.24, 2.45) is 0 Å². The van der Waals surface area contributed by atoms with Crippen molar-refractivity contribution in [3.63, 3.8) is 0 Å².